The Morgan fingerprint density at radius 1 is 1.25 bits per heavy atom. The summed E-state index contributed by atoms with van der Waals surface area (Å²) in [5.41, 5.74) is 3.32. The molecule has 3 N–H and O–H groups in total. The molecule has 1 aromatic carbocycles. The zero-order valence-corrected chi connectivity index (χ0v) is 10.5. The van der Waals surface area contributed by atoms with Crippen molar-refractivity contribution in [3.05, 3.63) is 33.8 Å². The molecule has 90 valence electrons. The summed E-state index contributed by atoms with van der Waals surface area (Å²) in [5, 5.41) is 0.900. The van der Waals surface area contributed by atoms with Crippen LogP contribution in [0.5, 0.6) is 0 Å². The molecule has 0 aliphatic carbocycles. The Kier molecular flexibility index (Phi) is 5.48. The highest BCUT2D eigenvalue weighted by molar-refractivity contribution is 6.42. The molecule has 0 amide bonds. The molecule has 0 radical (unpaired) electrons. The highest BCUT2D eigenvalue weighted by Crippen LogP contribution is 2.31. The predicted octanol–water partition coefficient (Wildman–Crippen LogP) is 2.12. The van der Waals surface area contributed by atoms with E-state index in [-0.39, 0.29) is 6.04 Å². The lowest BCUT2D eigenvalue weighted by molar-refractivity contribution is -0.124. The normalized spacial score (nSPS) is 13.1. The van der Waals surface area contributed by atoms with Crippen molar-refractivity contribution in [3.63, 3.8) is 0 Å². The van der Waals surface area contributed by atoms with Gasteiger partial charge in [-0.05, 0) is 11.6 Å². The quantitative estimate of drug-likeness (QED) is 0.486. The fraction of sp³-hybridized carbons (Fsp3) is 0.400. The smallest absolute Gasteiger partial charge is 0.177 e. The molecular formula is C10H14Cl2N2O2. The molecule has 0 aromatic heterocycles. The van der Waals surface area contributed by atoms with E-state index in [0.717, 1.165) is 5.56 Å². The first kappa shape index (κ1) is 13.7. The van der Waals surface area contributed by atoms with Gasteiger partial charge in [0.2, 0.25) is 0 Å². The molecule has 1 rings (SSSR count). The minimum atomic E-state index is -0.541. The maximum atomic E-state index is 6.09. The SMILES string of the molecule is COC(OC)C(NN)c1cccc(Cl)c1Cl. The molecule has 4 nitrogen and oxygen atoms in total. The van der Waals surface area contributed by atoms with Crippen molar-refractivity contribution in [1.82, 2.24) is 5.43 Å². The number of methoxy groups -OCH3 is 2. The maximum absolute atomic E-state index is 6.09. The third-order valence-electron chi connectivity index (χ3n) is 2.23. The molecule has 0 aliphatic heterocycles. The van der Waals surface area contributed by atoms with Crippen LogP contribution in [0.4, 0.5) is 0 Å². The maximum Gasteiger partial charge on any atom is 0.177 e. The summed E-state index contributed by atoms with van der Waals surface area (Å²) in [5.74, 6) is 5.46. The molecule has 0 saturated heterocycles. The van der Waals surface area contributed by atoms with Crippen LogP contribution in [-0.2, 0) is 9.47 Å². The van der Waals surface area contributed by atoms with Gasteiger partial charge in [-0.1, -0.05) is 35.3 Å². The van der Waals surface area contributed by atoms with E-state index in [2.05, 4.69) is 5.43 Å². The first-order chi connectivity index (χ1) is 7.65. The Balaban J connectivity index is 3.07. The fourth-order valence-electron chi connectivity index (χ4n) is 1.44. The lowest BCUT2D eigenvalue weighted by atomic mass is 10.1. The van der Waals surface area contributed by atoms with Crippen LogP contribution in [-0.4, -0.2) is 20.5 Å². The van der Waals surface area contributed by atoms with Crippen LogP contribution >= 0.6 is 23.2 Å². The van der Waals surface area contributed by atoms with Gasteiger partial charge < -0.3 is 9.47 Å². The van der Waals surface area contributed by atoms with Gasteiger partial charge in [0.1, 0.15) is 0 Å². The molecule has 0 saturated carbocycles. The van der Waals surface area contributed by atoms with Crippen molar-refractivity contribution in [1.29, 1.82) is 0 Å². The molecule has 1 aromatic rings. The number of rotatable bonds is 5. The predicted molar refractivity (Wildman–Crippen MR) is 64.3 cm³/mol. The first-order valence-corrected chi connectivity index (χ1v) is 5.37. The van der Waals surface area contributed by atoms with E-state index in [0.29, 0.717) is 10.0 Å². The van der Waals surface area contributed by atoms with E-state index in [9.17, 15) is 0 Å². The summed E-state index contributed by atoms with van der Waals surface area (Å²) in [6, 6.07) is 4.91. The molecule has 0 heterocycles. The zero-order chi connectivity index (χ0) is 12.1. The van der Waals surface area contributed by atoms with E-state index in [1.165, 1.54) is 14.2 Å². The Hall–Kier alpha value is -0.360. The number of nitrogens with one attached hydrogen (secondary N) is 1. The van der Waals surface area contributed by atoms with Crippen LogP contribution in [0.3, 0.4) is 0 Å². The van der Waals surface area contributed by atoms with Crippen molar-refractivity contribution in [2.45, 2.75) is 12.3 Å². The standard InChI is InChI=1S/C10H14Cl2N2O2/c1-15-10(16-2)9(14-13)6-4-3-5-7(11)8(6)12/h3-5,9-10,14H,13H2,1-2H3. The van der Waals surface area contributed by atoms with Crippen LogP contribution in [0.15, 0.2) is 18.2 Å². The average molecular weight is 265 g/mol. The van der Waals surface area contributed by atoms with Crippen LogP contribution < -0.4 is 11.3 Å². The highest BCUT2D eigenvalue weighted by Gasteiger charge is 2.24. The molecule has 0 spiro atoms. The topological polar surface area (TPSA) is 56.5 Å². The van der Waals surface area contributed by atoms with E-state index in [4.69, 9.17) is 38.5 Å². The van der Waals surface area contributed by atoms with E-state index in [1.807, 2.05) is 6.07 Å². The number of nitrogens with two attached hydrogens (primary N) is 1. The Bertz CT molecular complexity index is 346. The Morgan fingerprint density at radius 3 is 2.38 bits per heavy atom. The van der Waals surface area contributed by atoms with Crippen molar-refractivity contribution in [3.8, 4) is 0 Å². The second-order valence-corrected chi connectivity index (χ2v) is 3.91. The second kappa shape index (κ2) is 6.39. The zero-order valence-electron chi connectivity index (χ0n) is 9.04. The summed E-state index contributed by atoms with van der Waals surface area (Å²) in [7, 11) is 3.05. The summed E-state index contributed by atoms with van der Waals surface area (Å²) in [4.78, 5) is 0. The van der Waals surface area contributed by atoms with Crippen LogP contribution in [0.2, 0.25) is 10.0 Å². The minimum Gasteiger partial charge on any atom is -0.354 e. The monoisotopic (exact) mass is 264 g/mol. The third kappa shape index (κ3) is 2.85. The van der Waals surface area contributed by atoms with Crippen LogP contribution in [0, 0.1) is 0 Å². The van der Waals surface area contributed by atoms with Crippen molar-refractivity contribution < 1.29 is 9.47 Å². The van der Waals surface area contributed by atoms with Gasteiger partial charge in [-0.15, -0.1) is 0 Å². The lowest BCUT2D eigenvalue weighted by Crippen LogP contribution is -2.38. The summed E-state index contributed by atoms with van der Waals surface area (Å²) in [6.07, 6.45) is -0.541. The number of ether oxygens (including phenoxy) is 2. The Morgan fingerprint density at radius 2 is 1.88 bits per heavy atom. The van der Waals surface area contributed by atoms with Crippen molar-refractivity contribution in [2.24, 2.45) is 5.84 Å². The second-order valence-electron chi connectivity index (χ2n) is 3.13. The number of benzene rings is 1. The molecule has 0 fully saturated rings. The molecule has 1 atom stereocenters. The number of hydrazine groups is 1. The molecule has 16 heavy (non-hydrogen) atoms. The van der Waals surface area contributed by atoms with Gasteiger partial charge in [-0.25, -0.2) is 5.43 Å². The molecule has 1 unspecified atom stereocenters. The highest BCUT2D eigenvalue weighted by atomic mass is 35.5. The number of halogens is 2. The molecule has 0 aliphatic rings. The Labute approximate surface area is 105 Å². The molecular weight excluding hydrogens is 251 g/mol. The van der Waals surface area contributed by atoms with Crippen LogP contribution in [0.25, 0.3) is 0 Å². The first-order valence-electron chi connectivity index (χ1n) is 4.61. The van der Waals surface area contributed by atoms with Gasteiger partial charge in [-0.2, -0.15) is 0 Å². The van der Waals surface area contributed by atoms with E-state index in [1.54, 1.807) is 12.1 Å². The van der Waals surface area contributed by atoms with Gasteiger partial charge >= 0.3 is 0 Å². The van der Waals surface area contributed by atoms with Crippen molar-refractivity contribution in [2.75, 3.05) is 14.2 Å². The largest absolute Gasteiger partial charge is 0.354 e. The number of hydrogen-bond donors (Lipinski definition) is 2. The fourth-order valence-corrected chi connectivity index (χ4v) is 1.87. The third-order valence-corrected chi connectivity index (χ3v) is 3.07. The van der Waals surface area contributed by atoms with Gasteiger partial charge in [0.15, 0.2) is 6.29 Å². The molecule has 6 heteroatoms. The van der Waals surface area contributed by atoms with E-state index >= 15 is 0 Å². The average Bonchev–Trinajstić information content (AvgIpc) is 2.30. The summed E-state index contributed by atoms with van der Waals surface area (Å²) >= 11 is 12.0. The van der Waals surface area contributed by atoms with Gasteiger partial charge in [0, 0.05) is 14.2 Å². The summed E-state index contributed by atoms with van der Waals surface area (Å²) in [6.45, 7) is 0. The molecule has 0 bridgehead atoms. The van der Waals surface area contributed by atoms with Gasteiger partial charge in [0.25, 0.3) is 0 Å². The van der Waals surface area contributed by atoms with Gasteiger partial charge in [0.05, 0.1) is 16.1 Å². The van der Waals surface area contributed by atoms with Crippen LogP contribution in [0.1, 0.15) is 11.6 Å². The lowest BCUT2D eigenvalue weighted by Gasteiger charge is -2.25. The van der Waals surface area contributed by atoms with E-state index < -0.39 is 6.29 Å². The summed E-state index contributed by atoms with van der Waals surface area (Å²) < 4.78 is 10.3. The van der Waals surface area contributed by atoms with Gasteiger partial charge in [-0.3, -0.25) is 5.84 Å². The van der Waals surface area contributed by atoms with Crippen molar-refractivity contribution >= 4 is 23.2 Å². The minimum absolute atomic E-state index is 0.388. The number of hydrogen-bond acceptors (Lipinski definition) is 4.